The summed E-state index contributed by atoms with van der Waals surface area (Å²) in [5.74, 6) is -0.273. The molecule has 0 bridgehead atoms. The van der Waals surface area contributed by atoms with Crippen molar-refractivity contribution in [1.29, 1.82) is 0 Å². The molecule has 82 valence electrons. The second kappa shape index (κ2) is 5.39. The van der Waals surface area contributed by atoms with E-state index in [2.05, 4.69) is 0 Å². The number of hydrogen-bond donors (Lipinski definition) is 1. The zero-order valence-corrected chi connectivity index (χ0v) is 9.06. The van der Waals surface area contributed by atoms with E-state index < -0.39 is 5.97 Å². The number of carboxylic acids is 1. The van der Waals surface area contributed by atoms with Gasteiger partial charge in [0.05, 0.1) is 13.0 Å². The van der Waals surface area contributed by atoms with Crippen molar-refractivity contribution in [1.82, 2.24) is 0 Å². The third-order valence-electron chi connectivity index (χ3n) is 2.46. The summed E-state index contributed by atoms with van der Waals surface area (Å²) in [6.07, 6.45) is 1.20. The quantitative estimate of drug-likeness (QED) is 0.807. The molecule has 0 amide bonds. The van der Waals surface area contributed by atoms with Crippen molar-refractivity contribution in [2.24, 2.45) is 5.92 Å². The minimum atomic E-state index is -0.736. The van der Waals surface area contributed by atoms with E-state index in [1.165, 1.54) is 0 Å². The Hall–Kier alpha value is -1.51. The van der Waals surface area contributed by atoms with Crippen LogP contribution in [0.15, 0.2) is 24.3 Å². The lowest BCUT2D eigenvalue weighted by molar-refractivity contribution is -0.141. The second-order valence-electron chi connectivity index (χ2n) is 3.50. The fraction of sp³-hybridized carbons (Fsp3) is 0.417. The molecule has 0 fully saturated rings. The van der Waals surface area contributed by atoms with Gasteiger partial charge >= 0.3 is 5.97 Å². The summed E-state index contributed by atoms with van der Waals surface area (Å²) in [4.78, 5) is 10.9. The van der Waals surface area contributed by atoms with Crippen molar-refractivity contribution < 1.29 is 14.6 Å². The van der Waals surface area contributed by atoms with E-state index in [0.717, 1.165) is 11.3 Å². The first-order chi connectivity index (χ1) is 7.17. The maximum atomic E-state index is 10.9. The van der Waals surface area contributed by atoms with E-state index in [0.29, 0.717) is 12.8 Å². The first-order valence-corrected chi connectivity index (χ1v) is 5.03. The van der Waals surface area contributed by atoms with Crippen molar-refractivity contribution >= 4 is 5.97 Å². The first-order valence-electron chi connectivity index (χ1n) is 5.03. The molecule has 0 aliphatic rings. The van der Waals surface area contributed by atoms with Gasteiger partial charge in [0.2, 0.25) is 0 Å². The maximum absolute atomic E-state index is 10.9. The van der Waals surface area contributed by atoms with Gasteiger partial charge in [-0.3, -0.25) is 4.79 Å². The van der Waals surface area contributed by atoms with Gasteiger partial charge in [0.25, 0.3) is 0 Å². The van der Waals surface area contributed by atoms with Crippen molar-refractivity contribution in [3.63, 3.8) is 0 Å². The Labute approximate surface area is 89.7 Å². The van der Waals surface area contributed by atoms with Crippen molar-refractivity contribution in [3.8, 4) is 5.75 Å². The molecule has 1 N–H and O–H groups in total. The highest BCUT2D eigenvalue weighted by molar-refractivity contribution is 5.70. The Bertz CT molecular complexity index is 333. The molecule has 0 unspecified atom stereocenters. The van der Waals surface area contributed by atoms with Crippen LogP contribution in [0.3, 0.4) is 0 Å². The number of hydrogen-bond acceptors (Lipinski definition) is 2. The zero-order chi connectivity index (χ0) is 11.3. The second-order valence-corrected chi connectivity index (χ2v) is 3.50. The molecule has 0 heterocycles. The van der Waals surface area contributed by atoms with Crippen LogP contribution in [0.1, 0.15) is 18.9 Å². The van der Waals surface area contributed by atoms with Gasteiger partial charge in [-0.1, -0.05) is 19.1 Å². The fourth-order valence-corrected chi connectivity index (χ4v) is 1.49. The van der Waals surface area contributed by atoms with Crippen molar-refractivity contribution in [2.45, 2.75) is 19.8 Å². The van der Waals surface area contributed by atoms with E-state index in [9.17, 15) is 4.79 Å². The minimum absolute atomic E-state index is 0.308. The first kappa shape index (κ1) is 11.6. The summed E-state index contributed by atoms with van der Waals surface area (Å²) in [5, 5.41) is 8.93. The highest BCUT2D eigenvalue weighted by Crippen LogP contribution is 2.17. The Kier molecular flexibility index (Phi) is 4.16. The summed E-state index contributed by atoms with van der Waals surface area (Å²) in [6.45, 7) is 1.89. The van der Waals surface area contributed by atoms with Crippen LogP contribution >= 0.6 is 0 Å². The molecule has 0 spiro atoms. The molecular formula is C12H16O3. The molecule has 1 rings (SSSR count). The molecule has 15 heavy (non-hydrogen) atoms. The van der Waals surface area contributed by atoms with Crippen LogP contribution < -0.4 is 4.74 Å². The van der Waals surface area contributed by atoms with Gasteiger partial charge in [0.15, 0.2) is 0 Å². The smallest absolute Gasteiger partial charge is 0.306 e. The lowest BCUT2D eigenvalue weighted by Gasteiger charge is -2.10. The van der Waals surface area contributed by atoms with Crippen molar-refractivity contribution in [3.05, 3.63) is 29.8 Å². The largest absolute Gasteiger partial charge is 0.497 e. The zero-order valence-electron chi connectivity index (χ0n) is 9.06. The van der Waals surface area contributed by atoms with E-state index in [1.807, 2.05) is 31.2 Å². The lowest BCUT2D eigenvalue weighted by Crippen LogP contribution is -2.15. The van der Waals surface area contributed by atoms with Gasteiger partial charge in [0.1, 0.15) is 5.75 Å². The molecule has 3 heteroatoms. The number of rotatable bonds is 5. The average molecular weight is 208 g/mol. The Morgan fingerprint density at radius 3 is 2.80 bits per heavy atom. The van der Waals surface area contributed by atoms with Gasteiger partial charge in [0, 0.05) is 0 Å². The Balaban J connectivity index is 2.74. The normalized spacial score (nSPS) is 12.1. The van der Waals surface area contributed by atoms with E-state index in [4.69, 9.17) is 9.84 Å². The van der Waals surface area contributed by atoms with Gasteiger partial charge in [-0.05, 0) is 30.5 Å². The molecule has 1 aromatic carbocycles. The van der Waals surface area contributed by atoms with Crippen LogP contribution in [0.5, 0.6) is 5.75 Å². The topological polar surface area (TPSA) is 46.5 Å². The molecule has 1 aromatic rings. The molecule has 0 aliphatic carbocycles. The van der Waals surface area contributed by atoms with Gasteiger partial charge in [-0.2, -0.15) is 0 Å². The van der Waals surface area contributed by atoms with Crippen LogP contribution in [0.25, 0.3) is 0 Å². The highest BCUT2D eigenvalue weighted by atomic mass is 16.5. The van der Waals surface area contributed by atoms with Crippen LogP contribution in [0.4, 0.5) is 0 Å². The number of aliphatic carboxylic acids is 1. The third-order valence-corrected chi connectivity index (χ3v) is 2.46. The number of benzene rings is 1. The molecule has 3 nitrogen and oxygen atoms in total. The molecule has 0 saturated heterocycles. The number of carbonyl (C=O) groups is 1. The summed E-state index contributed by atoms with van der Waals surface area (Å²) >= 11 is 0. The lowest BCUT2D eigenvalue weighted by atomic mass is 9.97. The van der Waals surface area contributed by atoms with Gasteiger partial charge in [-0.15, -0.1) is 0 Å². The predicted molar refractivity (Wildman–Crippen MR) is 58.1 cm³/mol. The van der Waals surface area contributed by atoms with E-state index in [1.54, 1.807) is 7.11 Å². The Morgan fingerprint density at radius 1 is 1.53 bits per heavy atom. The Morgan fingerprint density at radius 2 is 2.27 bits per heavy atom. The highest BCUT2D eigenvalue weighted by Gasteiger charge is 2.15. The third kappa shape index (κ3) is 3.27. The van der Waals surface area contributed by atoms with E-state index in [-0.39, 0.29) is 5.92 Å². The molecule has 0 aliphatic heterocycles. The molecule has 0 saturated carbocycles. The average Bonchev–Trinajstić information content (AvgIpc) is 2.25. The standard InChI is InChI=1S/C12H16O3/c1-3-10(12(13)14)7-9-5-4-6-11(8-9)15-2/h4-6,8,10H,3,7H2,1-2H3,(H,13,14)/t10-/m1/s1. The molecule has 1 atom stereocenters. The molecule has 0 aromatic heterocycles. The maximum Gasteiger partial charge on any atom is 0.306 e. The van der Waals surface area contributed by atoms with Crippen molar-refractivity contribution in [2.75, 3.05) is 7.11 Å². The van der Waals surface area contributed by atoms with Gasteiger partial charge in [-0.25, -0.2) is 0 Å². The summed E-state index contributed by atoms with van der Waals surface area (Å²) in [7, 11) is 1.60. The fourth-order valence-electron chi connectivity index (χ4n) is 1.49. The predicted octanol–water partition coefficient (Wildman–Crippen LogP) is 2.35. The number of ether oxygens (including phenoxy) is 1. The monoisotopic (exact) mass is 208 g/mol. The van der Waals surface area contributed by atoms with Gasteiger partial charge < -0.3 is 9.84 Å². The van der Waals surface area contributed by atoms with Crippen LogP contribution in [0, 0.1) is 5.92 Å². The summed E-state index contributed by atoms with van der Waals surface area (Å²) in [6, 6.07) is 7.54. The summed E-state index contributed by atoms with van der Waals surface area (Å²) < 4.78 is 5.08. The number of carboxylic acid groups (broad SMARTS) is 1. The summed E-state index contributed by atoms with van der Waals surface area (Å²) in [5.41, 5.74) is 1.00. The van der Waals surface area contributed by atoms with Crippen LogP contribution in [0.2, 0.25) is 0 Å². The number of methoxy groups -OCH3 is 1. The van der Waals surface area contributed by atoms with E-state index >= 15 is 0 Å². The SMILES string of the molecule is CC[C@H](Cc1cccc(OC)c1)C(=O)O. The van der Waals surface area contributed by atoms with Crippen LogP contribution in [-0.4, -0.2) is 18.2 Å². The van der Waals surface area contributed by atoms with Crippen LogP contribution in [-0.2, 0) is 11.2 Å². The minimum Gasteiger partial charge on any atom is -0.497 e. The molecular weight excluding hydrogens is 192 g/mol. The molecule has 0 radical (unpaired) electrons.